The Bertz CT molecular complexity index is 617. The van der Waals surface area contributed by atoms with Gasteiger partial charge in [-0.05, 0) is 24.6 Å². The van der Waals surface area contributed by atoms with Gasteiger partial charge in [0.05, 0.1) is 11.1 Å². The van der Waals surface area contributed by atoms with E-state index < -0.39 is 4.92 Å². The molecule has 0 amide bonds. The normalized spacial score (nSPS) is 10.8. The van der Waals surface area contributed by atoms with Crippen LogP contribution in [-0.4, -0.2) is 26.0 Å². The van der Waals surface area contributed by atoms with E-state index in [1.165, 1.54) is 23.0 Å². The van der Waals surface area contributed by atoms with E-state index in [-0.39, 0.29) is 5.69 Å². The lowest BCUT2D eigenvalue weighted by Crippen LogP contribution is -2.13. The van der Waals surface area contributed by atoms with Crippen molar-refractivity contribution in [2.75, 3.05) is 11.3 Å². The van der Waals surface area contributed by atoms with Gasteiger partial charge in [-0.3, -0.25) is 10.1 Å². The monoisotopic (exact) mass is 261 g/mol. The summed E-state index contributed by atoms with van der Waals surface area (Å²) in [6.07, 6.45) is 1.49. The predicted molar refractivity (Wildman–Crippen MR) is 69.2 cm³/mol. The summed E-state index contributed by atoms with van der Waals surface area (Å²) in [5, 5.41) is 21.9. The minimum absolute atomic E-state index is 0.0300. The summed E-state index contributed by atoms with van der Waals surface area (Å²) in [7, 11) is 0. The van der Waals surface area contributed by atoms with E-state index in [0.717, 1.165) is 0 Å². The molecule has 0 aliphatic carbocycles. The molecule has 0 spiro atoms. The zero-order chi connectivity index (χ0) is 13.8. The topological polar surface area (TPSA) is 124 Å². The number of nitro groups is 1. The number of aryl methyl sites for hydroxylation is 1. The molecule has 0 aliphatic heterocycles. The Kier molecular flexibility index (Phi) is 3.37. The number of nitro benzene ring substituents is 1. The average Bonchev–Trinajstić information content (AvgIpc) is 2.71. The smallest absolute Gasteiger partial charge is 0.269 e. The van der Waals surface area contributed by atoms with Crippen molar-refractivity contribution < 1.29 is 4.92 Å². The lowest BCUT2D eigenvalue weighted by atomic mass is 10.2. The number of rotatable bonds is 4. The van der Waals surface area contributed by atoms with Crippen LogP contribution in [0.2, 0.25) is 0 Å². The van der Waals surface area contributed by atoms with Crippen LogP contribution < -0.4 is 11.3 Å². The molecule has 9 nitrogen and oxygen atoms in total. The molecule has 0 atom stereocenters. The third-order valence-electron chi connectivity index (χ3n) is 2.35. The molecule has 0 saturated carbocycles. The van der Waals surface area contributed by atoms with Crippen molar-refractivity contribution in [3.63, 3.8) is 0 Å². The number of nitrogens with one attached hydrogen (secondary N) is 1. The maximum atomic E-state index is 10.5. The SMILES string of the molecule is Cc1nnc(N/N=C/c2ccc([N+](=O)[O-])cc2)n1N. The first kappa shape index (κ1) is 12.5. The second-order valence-electron chi connectivity index (χ2n) is 3.66. The van der Waals surface area contributed by atoms with Gasteiger partial charge >= 0.3 is 0 Å². The standard InChI is InChI=1S/C10H11N7O2/c1-7-13-15-10(16(7)11)14-12-6-8-2-4-9(5-3-8)17(18)19/h2-6H,11H2,1H3,(H,14,15)/b12-6+. The Hall–Kier alpha value is -2.97. The van der Waals surface area contributed by atoms with Gasteiger partial charge in [-0.15, -0.1) is 10.2 Å². The molecule has 2 aromatic rings. The van der Waals surface area contributed by atoms with E-state index in [2.05, 4.69) is 20.7 Å². The van der Waals surface area contributed by atoms with Gasteiger partial charge in [0.2, 0.25) is 0 Å². The molecule has 0 radical (unpaired) electrons. The molecule has 0 bridgehead atoms. The number of anilines is 1. The summed E-state index contributed by atoms with van der Waals surface area (Å²) >= 11 is 0. The maximum absolute atomic E-state index is 10.5. The Morgan fingerprint density at radius 2 is 2.11 bits per heavy atom. The molecular formula is C10H11N7O2. The summed E-state index contributed by atoms with van der Waals surface area (Å²) in [4.78, 5) is 10.0. The van der Waals surface area contributed by atoms with Gasteiger partial charge in [-0.2, -0.15) is 5.10 Å². The molecule has 9 heteroatoms. The highest BCUT2D eigenvalue weighted by molar-refractivity contribution is 5.80. The Balaban J connectivity index is 2.03. The summed E-state index contributed by atoms with van der Waals surface area (Å²) in [5.74, 6) is 6.47. The van der Waals surface area contributed by atoms with Gasteiger partial charge in [0.15, 0.2) is 5.82 Å². The van der Waals surface area contributed by atoms with Crippen molar-refractivity contribution in [1.29, 1.82) is 0 Å². The first-order valence-corrected chi connectivity index (χ1v) is 5.28. The minimum Gasteiger partial charge on any atom is -0.335 e. The zero-order valence-corrected chi connectivity index (χ0v) is 10.0. The minimum atomic E-state index is -0.459. The molecule has 19 heavy (non-hydrogen) atoms. The van der Waals surface area contributed by atoms with Crippen molar-refractivity contribution in [3.05, 3.63) is 45.8 Å². The Labute approximate surface area is 107 Å². The Morgan fingerprint density at radius 1 is 1.42 bits per heavy atom. The fourth-order valence-corrected chi connectivity index (χ4v) is 1.29. The van der Waals surface area contributed by atoms with Crippen LogP contribution in [0.4, 0.5) is 11.6 Å². The van der Waals surface area contributed by atoms with E-state index in [4.69, 9.17) is 5.84 Å². The van der Waals surface area contributed by atoms with Crippen molar-refractivity contribution in [2.45, 2.75) is 6.92 Å². The van der Waals surface area contributed by atoms with Gasteiger partial charge < -0.3 is 5.84 Å². The van der Waals surface area contributed by atoms with E-state index in [1.54, 1.807) is 19.1 Å². The first-order chi connectivity index (χ1) is 9.08. The molecule has 0 saturated heterocycles. The summed E-state index contributed by atoms with van der Waals surface area (Å²) < 4.78 is 1.26. The average molecular weight is 261 g/mol. The summed E-state index contributed by atoms with van der Waals surface area (Å²) in [6, 6.07) is 5.97. The molecule has 1 aromatic heterocycles. The first-order valence-electron chi connectivity index (χ1n) is 5.28. The second kappa shape index (κ2) is 5.12. The van der Waals surface area contributed by atoms with Gasteiger partial charge in [-0.1, -0.05) is 0 Å². The van der Waals surface area contributed by atoms with E-state index in [1.807, 2.05) is 0 Å². The molecule has 1 aromatic carbocycles. The molecule has 0 unspecified atom stereocenters. The fraction of sp³-hybridized carbons (Fsp3) is 0.100. The number of nitrogens with two attached hydrogens (primary N) is 1. The molecule has 98 valence electrons. The van der Waals surface area contributed by atoms with Gasteiger partial charge in [0.25, 0.3) is 11.6 Å². The van der Waals surface area contributed by atoms with E-state index in [0.29, 0.717) is 17.3 Å². The zero-order valence-electron chi connectivity index (χ0n) is 10.0. The highest BCUT2D eigenvalue weighted by Crippen LogP contribution is 2.10. The van der Waals surface area contributed by atoms with Crippen LogP contribution in [0.3, 0.4) is 0 Å². The molecule has 3 N–H and O–H groups in total. The fourth-order valence-electron chi connectivity index (χ4n) is 1.29. The lowest BCUT2D eigenvalue weighted by Gasteiger charge is -1.99. The van der Waals surface area contributed by atoms with E-state index >= 15 is 0 Å². The third kappa shape index (κ3) is 2.83. The predicted octanol–water partition coefficient (Wildman–Crippen LogP) is 0.655. The van der Waals surface area contributed by atoms with Crippen molar-refractivity contribution >= 4 is 17.9 Å². The molecule has 1 heterocycles. The summed E-state index contributed by atoms with van der Waals surface area (Å²) in [6.45, 7) is 1.71. The number of nitrogen functional groups attached to an aromatic ring is 1. The number of non-ortho nitro benzene ring substituents is 1. The molecule has 2 rings (SSSR count). The van der Waals surface area contributed by atoms with Gasteiger partial charge in [-0.25, -0.2) is 10.1 Å². The van der Waals surface area contributed by atoms with Crippen LogP contribution in [-0.2, 0) is 0 Å². The molecular weight excluding hydrogens is 250 g/mol. The van der Waals surface area contributed by atoms with Crippen LogP contribution in [0.1, 0.15) is 11.4 Å². The largest absolute Gasteiger partial charge is 0.335 e. The van der Waals surface area contributed by atoms with Crippen molar-refractivity contribution in [3.8, 4) is 0 Å². The highest BCUT2D eigenvalue weighted by atomic mass is 16.6. The number of hydrogen-bond acceptors (Lipinski definition) is 7. The van der Waals surface area contributed by atoms with Crippen LogP contribution in [0.15, 0.2) is 29.4 Å². The number of benzene rings is 1. The van der Waals surface area contributed by atoms with Crippen LogP contribution in [0.5, 0.6) is 0 Å². The third-order valence-corrected chi connectivity index (χ3v) is 2.35. The van der Waals surface area contributed by atoms with Gasteiger partial charge in [0.1, 0.15) is 0 Å². The maximum Gasteiger partial charge on any atom is 0.269 e. The van der Waals surface area contributed by atoms with Crippen LogP contribution >= 0.6 is 0 Å². The molecule has 0 aliphatic rings. The van der Waals surface area contributed by atoms with E-state index in [9.17, 15) is 10.1 Å². The van der Waals surface area contributed by atoms with Crippen molar-refractivity contribution in [2.24, 2.45) is 5.10 Å². The number of hydrogen-bond donors (Lipinski definition) is 2. The quantitative estimate of drug-likeness (QED) is 0.360. The number of hydrazone groups is 1. The molecule has 0 fully saturated rings. The summed E-state index contributed by atoms with van der Waals surface area (Å²) in [5.41, 5.74) is 3.36. The lowest BCUT2D eigenvalue weighted by molar-refractivity contribution is -0.384. The number of nitrogens with zero attached hydrogens (tertiary/aromatic N) is 5. The van der Waals surface area contributed by atoms with Crippen LogP contribution in [0.25, 0.3) is 0 Å². The number of aromatic nitrogens is 3. The Morgan fingerprint density at radius 3 is 2.63 bits per heavy atom. The van der Waals surface area contributed by atoms with Crippen LogP contribution in [0, 0.1) is 17.0 Å². The second-order valence-corrected chi connectivity index (χ2v) is 3.66. The van der Waals surface area contributed by atoms with Gasteiger partial charge in [0, 0.05) is 12.1 Å². The highest BCUT2D eigenvalue weighted by Gasteiger charge is 2.04. The van der Waals surface area contributed by atoms with Crippen molar-refractivity contribution in [1.82, 2.24) is 14.9 Å².